The number of allylic oxidation sites excluding steroid dienone is 1. The molecule has 184 valence electrons. The van der Waals surface area contributed by atoms with Gasteiger partial charge in [-0.15, -0.1) is 5.06 Å². The average Bonchev–Trinajstić information content (AvgIpc) is 3.07. The molecule has 0 spiro atoms. The number of alkyl halides is 3. The van der Waals surface area contributed by atoms with E-state index in [9.17, 15) is 27.6 Å². The number of carbonyl (C=O) groups excluding carboxylic acids is 1. The van der Waals surface area contributed by atoms with E-state index in [1.54, 1.807) is 11.8 Å². The first-order valence-electron chi connectivity index (χ1n) is 10.8. The monoisotopic (exact) mass is 474 g/mol. The fraction of sp³-hybridized carbons (Fsp3) is 0.650. The van der Waals surface area contributed by atoms with Gasteiger partial charge in [0.2, 0.25) is 0 Å². The van der Waals surface area contributed by atoms with E-state index < -0.39 is 29.7 Å². The van der Waals surface area contributed by atoms with Gasteiger partial charge in [-0.25, -0.2) is 9.59 Å². The minimum Gasteiger partial charge on any atom is -0.327 e. The van der Waals surface area contributed by atoms with Crippen molar-refractivity contribution >= 4 is 17.5 Å². The number of rotatable bonds is 6. The van der Waals surface area contributed by atoms with E-state index in [0.29, 0.717) is 32.6 Å². The number of nitrogens with one attached hydrogen (secondary N) is 1. The lowest BCUT2D eigenvalue weighted by Gasteiger charge is -2.40. The third-order valence-electron chi connectivity index (χ3n) is 5.51. The van der Waals surface area contributed by atoms with Crippen molar-refractivity contribution in [2.45, 2.75) is 46.2 Å². The molecular formula is C20H29F3N6O4. The minimum absolute atomic E-state index is 0.0153. The Hall–Kier alpha value is -2.80. The van der Waals surface area contributed by atoms with Gasteiger partial charge in [-0.3, -0.25) is 18.8 Å². The Kier molecular flexibility index (Phi) is 7.22. The number of nitrogens with zero attached hydrogens (tertiary/aromatic N) is 5. The summed E-state index contributed by atoms with van der Waals surface area (Å²) >= 11 is 0. The van der Waals surface area contributed by atoms with Crippen molar-refractivity contribution < 1.29 is 22.8 Å². The first kappa shape index (κ1) is 24.8. The van der Waals surface area contributed by atoms with Crippen LogP contribution in [0.15, 0.2) is 21.2 Å². The van der Waals surface area contributed by atoms with E-state index in [1.807, 2.05) is 24.8 Å². The van der Waals surface area contributed by atoms with Gasteiger partial charge >= 0.3 is 17.8 Å². The molecule has 0 bridgehead atoms. The topological polar surface area (TPSA) is 92.0 Å². The van der Waals surface area contributed by atoms with E-state index >= 15 is 0 Å². The summed E-state index contributed by atoms with van der Waals surface area (Å²) in [5, 5.41) is 3.92. The van der Waals surface area contributed by atoms with Crippen LogP contribution in [0.4, 0.5) is 24.7 Å². The molecule has 1 N–H and O–H groups in total. The maximum atomic E-state index is 13.4. The summed E-state index contributed by atoms with van der Waals surface area (Å²) in [5.74, 6) is -2.61. The van der Waals surface area contributed by atoms with Gasteiger partial charge in [0.25, 0.3) is 5.56 Å². The number of halogens is 3. The number of hydrogen-bond acceptors (Lipinski definition) is 8. The lowest BCUT2D eigenvalue weighted by atomic mass is 10.3. The summed E-state index contributed by atoms with van der Waals surface area (Å²) in [6.07, 6.45) is -3.95. The molecule has 13 heteroatoms. The van der Waals surface area contributed by atoms with Crippen molar-refractivity contribution in [1.82, 2.24) is 19.4 Å². The summed E-state index contributed by atoms with van der Waals surface area (Å²) in [6, 6.07) is 0. The molecule has 1 saturated heterocycles. The van der Waals surface area contributed by atoms with Crippen LogP contribution in [0.5, 0.6) is 0 Å². The molecule has 0 radical (unpaired) electrons. The van der Waals surface area contributed by atoms with E-state index in [4.69, 9.17) is 4.84 Å². The second-order valence-electron chi connectivity index (χ2n) is 8.24. The number of fused-ring (bicyclic) bond motifs is 1. The van der Waals surface area contributed by atoms with Crippen molar-refractivity contribution in [3.05, 3.63) is 32.5 Å². The van der Waals surface area contributed by atoms with Gasteiger partial charge in [-0.1, -0.05) is 18.6 Å². The van der Waals surface area contributed by atoms with Gasteiger partial charge in [-0.2, -0.15) is 13.2 Å². The summed E-state index contributed by atoms with van der Waals surface area (Å²) in [5.41, 5.74) is -0.388. The second kappa shape index (κ2) is 9.59. The van der Waals surface area contributed by atoms with Gasteiger partial charge in [0.05, 0.1) is 0 Å². The van der Waals surface area contributed by atoms with Crippen LogP contribution in [0.1, 0.15) is 27.2 Å². The normalized spacial score (nSPS) is 18.9. The smallest absolute Gasteiger partial charge is 0.327 e. The Labute approximate surface area is 188 Å². The predicted molar refractivity (Wildman–Crippen MR) is 116 cm³/mol. The number of anilines is 2. The SMILES string of the molecule is CCCn1c(=O)c2c(n(C)c1=O)N(OC(=O)C(F)(F)F)C(N1CCNCC1)N2CC=C(C)C. The quantitative estimate of drug-likeness (QED) is 0.605. The van der Waals surface area contributed by atoms with Gasteiger partial charge in [0.1, 0.15) is 0 Å². The van der Waals surface area contributed by atoms with E-state index in [0.717, 1.165) is 19.8 Å². The maximum Gasteiger partial charge on any atom is 0.493 e. The molecule has 0 aromatic carbocycles. The second-order valence-corrected chi connectivity index (χ2v) is 8.24. The molecule has 10 nitrogen and oxygen atoms in total. The number of carbonyl (C=O) groups is 1. The molecule has 3 rings (SSSR count). The molecule has 1 unspecified atom stereocenters. The van der Waals surface area contributed by atoms with Gasteiger partial charge < -0.3 is 15.1 Å². The van der Waals surface area contributed by atoms with Crippen LogP contribution in [0, 0.1) is 0 Å². The summed E-state index contributed by atoms with van der Waals surface area (Å²) in [7, 11) is 1.35. The summed E-state index contributed by atoms with van der Waals surface area (Å²) in [6.45, 7) is 7.82. The standard InChI is InChI=1S/C20H29F3N6O4/c1-5-9-28-16(30)14-15(25(4)19(28)32)29(33-17(31)20(21,22)23)18(26-11-7-24-8-12-26)27(14)10-6-13(2)3/h6,18,24H,5,7-12H2,1-4H3. The molecule has 1 aromatic rings. The molecule has 0 saturated carbocycles. The van der Waals surface area contributed by atoms with Crippen LogP contribution in [0.2, 0.25) is 0 Å². The van der Waals surface area contributed by atoms with Crippen molar-refractivity contribution in [1.29, 1.82) is 0 Å². The number of hydroxylamine groups is 1. The highest BCUT2D eigenvalue weighted by molar-refractivity contribution is 5.80. The van der Waals surface area contributed by atoms with E-state index in [2.05, 4.69) is 5.32 Å². The highest BCUT2D eigenvalue weighted by Crippen LogP contribution is 2.38. The highest BCUT2D eigenvalue weighted by atomic mass is 19.4. The van der Waals surface area contributed by atoms with Crippen LogP contribution < -0.4 is 26.5 Å². The third-order valence-corrected chi connectivity index (χ3v) is 5.51. The zero-order valence-electron chi connectivity index (χ0n) is 19.1. The highest BCUT2D eigenvalue weighted by Gasteiger charge is 2.50. The van der Waals surface area contributed by atoms with Crippen molar-refractivity contribution in [3.8, 4) is 0 Å². The molecule has 2 aliphatic heterocycles. The molecule has 3 heterocycles. The Morgan fingerprint density at radius 1 is 1.21 bits per heavy atom. The van der Waals surface area contributed by atoms with E-state index in [-0.39, 0.29) is 24.6 Å². The number of hydrogen-bond donors (Lipinski definition) is 1. The summed E-state index contributed by atoms with van der Waals surface area (Å²) < 4.78 is 41.5. The number of aromatic nitrogens is 2. The Morgan fingerprint density at radius 3 is 2.39 bits per heavy atom. The van der Waals surface area contributed by atoms with Crippen molar-refractivity contribution in [2.75, 3.05) is 42.7 Å². The van der Waals surface area contributed by atoms with Crippen LogP contribution in [-0.4, -0.2) is 65.2 Å². The van der Waals surface area contributed by atoms with Gasteiger partial charge in [0.15, 0.2) is 17.8 Å². The molecule has 1 atom stereocenters. The minimum atomic E-state index is -5.25. The maximum absolute atomic E-state index is 13.4. The molecule has 1 fully saturated rings. The molecule has 0 amide bonds. The van der Waals surface area contributed by atoms with E-state index in [1.165, 1.54) is 7.05 Å². The van der Waals surface area contributed by atoms with Crippen LogP contribution in [-0.2, 0) is 23.2 Å². The first-order chi connectivity index (χ1) is 15.5. The lowest BCUT2D eigenvalue weighted by Crippen LogP contribution is -2.61. The molecular weight excluding hydrogens is 445 g/mol. The largest absolute Gasteiger partial charge is 0.493 e. The van der Waals surface area contributed by atoms with Gasteiger partial charge in [-0.05, 0) is 20.3 Å². The Bertz CT molecular complexity index is 1040. The lowest BCUT2D eigenvalue weighted by molar-refractivity contribution is -0.203. The molecule has 2 aliphatic rings. The molecule has 1 aromatic heterocycles. The zero-order chi connectivity index (χ0) is 24.5. The summed E-state index contributed by atoms with van der Waals surface area (Å²) in [4.78, 5) is 46.4. The Morgan fingerprint density at radius 2 is 1.85 bits per heavy atom. The zero-order valence-corrected chi connectivity index (χ0v) is 19.1. The average molecular weight is 474 g/mol. The predicted octanol–water partition coefficient (Wildman–Crippen LogP) is 0.759. The fourth-order valence-corrected chi connectivity index (χ4v) is 3.97. The molecule has 0 aliphatic carbocycles. The van der Waals surface area contributed by atoms with Crippen LogP contribution in [0.25, 0.3) is 0 Å². The van der Waals surface area contributed by atoms with Gasteiger partial charge in [0, 0.05) is 46.3 Å². The molecule has 33 heavy (non-hydrogen) atoms. The van der Waals surface area contributed by atoms with Crippen LogP contribution >= 0.6 is 0 Å². The van der Waals surface area contributed by atoms with Crippen molar-refractivity contribution in [2.24, 2.45) is 7.05 Å². The Balaban J connectivity index is 2.26. The number of piperazine rings is 1. The fourth-order valence-electron chi connectivity index (χ4n) is 3.97. The van der Waals surface area contributed by atoms with Crippen molar-refractivity contribution in [3.63, 3.8) is 0 Å². The van der Waals surface area contributed by atoms with Crippen LogP contribution in [0.3, 0.4) is 0 Å². The third kappa shape index (κ3) is 4.78. The first-order valence-corrected chi connectivity index (χ1v) is 10.8.